The average molecular weight is 730 g/mol. The number of hydrogen-bond donors (Lipinski definition) is 0. The van der Waals surface area contributed by atoms with Crippen LogP contribution in [0, 0.1) is 24.7 Å². The number of carboxylic acid groups (broad SMARTS) is 2. The minimum Gasteiger partial charge on any atom is -0.877 e. The van der Waals surface area contributed by atoms with E-state index in [1.165, 1.54) is 0 Å². The monoisotopic (exact) mass is 729 g/mol. The molecule has 8 bridgehead atoms. The van der Waals surface area contributed by atoms with Crippen LogP contribution < -0.4 is 134 Å². The molecule has 0 amide bonds. The van der Waals surface area contributed by atoms with Crippen molar-refractivity contribution >= 4 is 46.5 Å². The fraction of sp³-hybridized carbons (Fsp3) is 0.294. The van der Waals surface area contributed by atoms with Gasteiger partial charge in [-0.15, -0.1) is 17.0 Å². The van der Waals surface area contributed by atoms with Crippen molar-refractivity contribution in [2.45, 2.75) is 47.0 Å². The number of rotatable bonds is 6. The number of aromatic nitrogens is 1. The van der Waals surface area contributed by atoms with Gasteiger partial charge in [0.2, 0.25) is 0 Å². The topological polar surface area (TPSA) is 172 Å². The molecule has 233 valence electrons. The molecule has 1 aromatic rings. The molecular weight excluding hydrogens is 702 g/mol. The summed E-state index contributed by atoms with van der Waals surface area (Å²) in [6.45, 7) is 11.3. The zero-order chi connectivity index (χ0) is 31.6. The SMILES string of the molecule is C=CC1=C(C)C2=NC1=CC1=NC(=C(CC)C1=C[O-])C=c1[n-]c3c(c1C)C(=O)[C@H](C(=O)[O-])C=3C1=NC(=C2)[C@@H](C)[C@@H]1CCC(=O)[O-].[Cu+2].[K+].[K+]. The van der Waals surface area contributed by atoms with E-state index in [0.29, 0.717) is 62.7 Å². The van der Waals surface area contributed by atoms with Crippen molar-refractivity contribution in [1.29, 1.82) is 0 Å². The summed E-state index contributed by atoms with van der Waals surface area (Å²) in [7, 11) is 0. The number of aliphatic imine (C=N–C) groups is 3. The second-order valence-electron chi connectivity index (χ2n) is 11.4. The Kier molecular flexibility index (Phi) is 13.4. The molecule has 4 aliphatic heterocycles. The minimum absolute atomic E-state index is 0. The summed E-state index contributed by atoms with van der Waals surface area (Å²) in [6, 6.07) is 0. The molecule has 1 aliphatic carbocycles. The van der Waals surface area contributed by atoms with Gasteiger partial charge in [0.1, 0.15) is 0 Å². The Balaban J connectivity index is 0.00000200. The van der Waals surface area contributed by atoms with E-state index in [2.05, 4.69) is 6.58 Å². The van der Waals surface area contributed by atoms with Crippen molar-refractivity contribution in [3.05, 3.63) is 92.3 Å². The summed E-state index contributed by atoms with van der Waals surface area (Å²) < 4.78 is 0. The van der Waals surface area contributed by atoms with Gasteiger partial charge in [-0.1, -0.05) is 38.1 Å². The summed E-state index contributed by atoms with van der Waals surface area (Å²) in [4.78, 5) is 56.9. The molecule has 0 spiro atoms. The Morgan fingerprint density at radius 1 is 1.06 bits per heavy atom. The smallest absolute Gasteiger partial charge is 0.877 e. The Labute approximate surface area is 367 Å². The van der Waals surface area contributed by atoms with Crippen LogP contribution in [0.2, 0.25) is 0 Å². The van der Waals surface area contributed by atoms with Gasteiger partial charge in [-0.2, -0.15) is 0 Å². The van der Waals surface area contributed by atoms with Crippen LogP contribution in [0.3, 0.4) is 0 Å². The van der Waals surface area contributed by atoms with E-state index >= 15 is 0 Å². The second kappa shape index (κ2) is 15.7. The van der Waals surface area contributed by atoms with Gasteiger partial charge in [-0.25, -0.2) is 9.98 Å². The van der Waals surface area contributed by atoms with Crippen molar-refractivity contribution in [3.63, 3.8) is 0 Å². The van der Waals surface area contributed by atoms with Crippen LogP contribution >= 0.6 is 0 Å². The van der Waals surface area contributed by atoms with E-state index in [0.717, 1.165) is 17.4 Å². The number of Topliss-reactive ketones (excluding diaryl/α,β-unsaturated/α-hetero) is 1. The maximum Gasteiger partial charge on any atom is 2.00 e. The Hall–Kier alpha value is -1.33. The molecule has 1 aromatic heterocycles. The van der Waals surface area contributed by atoms with Gasteiger partial charge in [0.15, 0.2) is 5.78 Å². The Bertz CT molecular complexity index is 2010. The first-order chi connectivity index (χ1) is 21.0. The molecule has 5 heterocycles. The molecule has 0 N–H and O–H groups in total. The fourth-order valence-electron chi connectivity index (χ4n) is 6.75. The zero-order valence-corrected chi connectivity index (χ0v) is 34.2. The van der Waals surface area contributed by atoms with E-state index in [9.17, 15) is 29.7 Å². The van der Waals surface area contributed by atoms with E-state index in [4.69, 9.17) is 20.0 Å². The van der Waals surface area contributed by atoms with Crippen LogP contribution in [0.15, 0.2) is 85.4 Å². The molecule has 0 aromatic carbocycles. The summed E-state index contributed by atoms with van der Waals surface area (Å²) >= 11 is 0. The first-order valence-corrected chi connectivity index (χ1v) is 14.4. The van der Waals surface area contributed by atoms with Gasteiger partial charge in [0.05, 0.1) is 34.7 Å². The van der Waals surface area contributed by atoms with Crippen molar-refractivity contribution in [2.24, 2.45) is 32.7 Å². The minimum atomic E-state index is -1.64. The third-order valence-corrected chi connectivity index (χ3v) is 9.09. The van der Waals surface area contributed by atoms with Crippen LogP contribution in [0.5, 0.6) is 0 Å². The molecule has 0 fully saturated rings. The molecule has 0 saturated heterocycles. The number of carbonyl (C=O) groups is 3. The number of ketones is 1. The van der Waals surface area contributed by atoms with Crippen LogP contribution in [0.25, 0.3) is 11.6 Å². The largest absolute Gasteiger partial charge is 2.00 e. The molecule has 0 unspecified atom stereocenters. The van der Waals surface area contributed by atoms with Gasteiger partial charge in [0, 0.05) is 40.4 Å². The predicted octanol–water partition coefficient (Wildman–Crippen LogP) is -6.21. The van der Waals surface area contributed by atoms with E-state index in [1.807, 2.05) is 20.8 Å². The Morgan fingerprint density at radius 3 is 2.36 bits per heavy atom. The normalized spacial score (nSPS) is 23.2. The zero-order valence-electron chi connectivity index (χ0n) is 27.0. The van der Waals surface area contributed by atoms with E-state index in [1.54, 1.807) is 31.2 Å². The average Bonchev–Trinajstić information content (AvgIpc) is 3.72. The van der Waals surface area contributed by atoms with Crippen LogP contribution in [-0.2, 0) is 26.7 Å². The molecule has 0 saturated carbocycles. The van der Waals surface area contributed by atoms with Crippen LogP contribution in [-0.4, -0.2) is 34.9 Å². The molecule has 10 nitrogen and oxygen atoms in total. The number of nitrogens with zero attached hydrogens (tertiary/aromatic N) is 4. The quantitative estimate of drug-likeness (QED) is 0.159. The fourth-order valence-corrected chi connectivity index (χ4v) is 6.75. The van der Waals surface area contributed by atoms with E-state index in [-0.39, 0.29) is 155 Å². The van der Waals surface area contributed by atoms with Crippen LogP contribution in [0.4, 0.5) is 0 Å². The number of fused-ring (bicyclic) bond motifs is 5. The molecule has 47 heavy (non-hydrogen) atoms. The molecule has 3 atom stereocenters. The summed E-state index contributed by atoms with van der Waals surface area (Å²) in [5.41, 5.74) is 6.37. The molecule has 5 aliphatic rings. The number of allylic oxidation sites excluding steroid dienone is 8. The van der Waals surface area contributed by atoms with Gasteiger partial charge >= 0.3 is 120 Å². The molecule has 6 rings (SSSR count). The van der Waals surface area contributed by atoms with Crippen molar-refractivity contribution in [1.82, 2.24) is 4.98 Å². The van der Waals surface area contributed by atoms with Crippen LogP contribution in [0.1, 0.15) is 56.0 Å². The standard InChI is InChI=1S/C34H32N4O6.Cu.2K/c1-6-17-14(3)21-10-22-15(4)19(8-9-27(40)41)31(37-22)29-30(34(43)44)33(42)28-16(5)23(38-32(28)29)11-25-18(7-2)20(13-39)26(36-25)12-24(17)35-21;;;/h6,10-13,15,19,30H,1,7-9H2,2-5H3,(H4,35,36,37,38,39,40,41,42,43,44);;;/q;+2;2*+1/p-4/t15-,19-,30+;;;/m0.../s1. The van der Waals surface area contributed by atoms with Gasteiger partial charge in [0.25, 0.3) is 0 Å². The number of hydrogen-bond acceptors (Lipinski definition) is 9. The number of carboxylic acids is 2. The van der Waals surface area contributed by atoms with Crippen molar-refractivity contribution in [3.8, 4) is 0 Å². The number of carbonyl (C=O) groups excluding carboxylic acids is 3. The summed E-state index contributed by atoms with van der Waals surface area (Å²) in [5.74, 6) is -6.00. The summed E-state index contributed by atoms with van der Waals surface area (Å²) in [6.07, 6.45) is 8.01. The van der Waals surface area contributed by atoms with Gasteiger partial charge < -0.3 is 29.9 Å². The third kappa shape index (κ3) is 6.76. The maximum absolute atomic E-state index is 13.7. The first kappa shape index (κ1) is 40.1. The maximum atomic E-state index is 13.7. The predicted molar refractivity (Wildman–Crippen MR) is 158 cm³/mol. The number of aliphatic carboxylic acids is 2. The van der Waals surface area contributed by atoms with E-state index < -0.39 is 29.6 Å². The second-order valence-corrected chi connectivity index (χ2v) is 11.4. The van der Waals surface area contributed by atoms with Crippen molar-refractivity contribution in [2.75, 3.05) is 0 Å². The molecule has 1 radical (unpaired) electrons. The molecular formula is C34H28CuK2N4O6. The van der Waals surface area contributed by atoms with Gasteiger partial charge in [-0.05, 0) is 67.6 Å². The third-order valence-electron chi connectivity index (χ3n) is 9.09. The first-order valence-electron chi connectivity index (χ1n) is 14.4. The summed E-state index contributed by atoms with van der Waals surface area (Å²) in [5, 5.41) is 36.9. The Morgan fingerprint density at radius 2 is 1.77 bits per heavy atom. The molecule has 13 heteroatoms. The van der Waals surface area contributed by atoms with Gasteiger partial charge in [-0.3, -0.25) is 9.79 Å². The van der Waals surface area contributed by atoms with Crippen molar-refractivity contribution < 1.29 is 150 Å².